The van der Waals surface area contributed by atoms with Crippen LogP contribution in [0.3, 0.4) is 0 Å². The molecule has 2 fully saturated rings. The number of hydrogen-bond donors (Lipinski definition) is 1. The van der Waals surface area contributed by atoms with E-state index in [1.54, 1.807) is 7.11 Å². The summed E-state index contributed by atoms with van der Waals surface area (Å²) in [6.45, 7) is 5.93. The molecule has 4 heteroatoms. The van der Waals surface area contributed by atoms with Crippen LogP contribution in [0.2, 0.25) is 0 Å². The molecule has 0 aliphatic carbocycles. The molecule has 2 aromatic carbocycles. The molecule has 0 bridgehead atoms. The van der Waals surface area contributed by atoms with Crippen molar-refractivity contribution in [2.24, 2.45) is 11.8 Å². The molecule has 2 unspecified atom stereocenters. The molecule has 0 amide bonds. The number of methoxy groups -OCH3 is 1. The zero-order valence-corrected chi connectivity index (χ0v) is 14.4. The lowest BCUT2D eigenvalue weighted by atomic mass is 9.88. The zero-order valence-electron chi connectivity index (χ0n) is 13.6. The van der Waals surface area contributed by atoms with Gasteiger partial charge in [-0.1, -0.05) is 30.3 Å². The molecule has 124 valence electrons. The molecule has 4 rings (SSSR count). The quantitative estimate of drug-likeness (QED) is 0.933. The van der Waals surface area contributed by atoms with E-state index in [1.165, 1.54) is 48.9 Å². The van der Waals surface area contributed by atoms with E-state index in [1.807, 2.05) is 0 Å². The Kier molecular flexibility index (Phi) is 5.10. The van der Waals surface area contributed by atoms with Gasteiger partial charge in [0, 0.05) is 18.5 Å². The second-order valence-corrected chi connectivity index (χ2v) is 6.67. The highest BCUT2D eigenvalue weighted by molar-refractivity contribution is 5.91. The van der Waals surface area contributed by atoms with Crippen molar-refractivity contribution in [1.82, 2.24) is 10.2 Å². The first kappa shape index (κ1) is 16.6. The smallest absolute Gasteiger partial charge is 0.126 e. The third-order valence-electron chi connectivity index (χ3n) is 5.38. The van der Waals surface area contributed by atoms with Crippen molar-refractivity contribution in [3.8, 4) is 5.75 Å². The van der Waals surface area contributed by atoms with Gasteiger partial charge in [0.15, 0.2) is 0 Å². The summed E-state index contributed by atoms with van der Waals surface area (Å²) in [5.41, 5.74) is 1.42. The number of benzene rings is 2. The number of piperidine rings is 1. The first-order chi connectivity index (χ1) is 10.8. The Labute approximate surface area is 144 Å². The molecule has 0 saturated carbocycles. The van der Waals surface area contributed by atoms with Gasteiger partial charge in [0.25, 0.3) is 0 Å². The van der Waals surface area contributed by atoms with E-state index in [0.717, 1.165) is 24.1 Å². The van der Waals surface area contributed by atoms with E-state index >= 15 is 0 Å². The SMILES string of the molecule is COc1ccc(CN2CCC3CNCC3C2)c2ccccc12.Cl. The Morgan fingerprint density at radius 3 is 2.70 bits per heavy atom. The topological polar surface area (TPSA) is 24.5 Å². The number of halogens is 1. The van der Waals surface area contributed by atoms with Gasteiger partial charge in [-0.25, -0.2) is 0 Å². The van der Waals surface area contributed by atoms with Gasteiger partial charge in [-0.05, 0) is 54.9 Å². The third-order valence-corrected chi connectivity index (χ3v) is 5.38. The fraction of sp³-hybridized carbons (Fsp3) is 0.474. The summed E-state index contributed by atoms with van der Waals surface area (Å²) in [4.78, 5) is 2.63. The van der Waals surface area contributed by atoms with Crippen LogP contribution in [-0.2, 0) is 6.54 Å². The highest BCUT2D eigenvalue weighted by Gasteiger charge is 2.32. The van der Waals surface area contributed by atoms with E-state index in [0.29, 0.717) is 0 Å². The second kappa shape index (κ2) is 7.08. The molecule has 0 aromatic heterocycles. The van der Waals surface area contributed by atoms with Gasteiger partial charge in [0.1, 0.15) is 5.75 Å². The van der Waals surface area contributed by atoms with Crippen molar-refractivity contribution >= 4 is 23.2 Å². The number of nitrogens with zero attached hydrogens (tertiary/aromatic N) is 1. The zero-order chi connectivity index (χ0) is 14.9. The summed E-state index contributed by atoms with van der Waals surface area (Å²) in [6.07, 6.45) is 1.34. The Hall–Kier alpha value is -1.29. The number of fused-ring (bicyclic) bond motifs is 2. The maximum absolute atomic E-state index is 5.51. The minimum Gasteiger partial charge on any atom is -0.496 e. The van der Waals surface area contributed by atoms with Gasteiger partial charge in [-0.3, -0.25) is 4.90 Å². The van der Waals surface area contributed by atoms with Crippen LogP contribution >= 0.6 is 12.4 Å². The van der Waals surface area contributed by atoms with Crippen LogP contribution in [0.15, 0.2) is 36.4 Å². The summed E-state index contributed by atoms with van der Waals surface area (Å²) in [5.74, 6) is 2.72. The van der Waals surface area contributed by atoms with Crippen LogP contribution in [-0.4, -0.2) is 38.2 Å². The van der Waals surface area contributed by atoms with Crippen LogP contribution < -0.4 is 10.1 Å². The minimum absolute atomic E-state index is 0. The number of ether oxygens (including phenoxy) is 1. The Morgan fingerprint density at radius 1 is 1.09 bits per heavy atom. The third kappa shape index (κ3) is 3.18. The van der Waals surface area contributed by atoms with E-state index in [4.69, 9.17) is 4.74 Å². The highest BCUT2D eigenvalue weighted by atomic mass is 35.5. The lowest BCUT2D eigenvalue weighted by Gasteiger charge is -2.34. The van der Waals surface area contributed by atoms with Gasteiger partial charge >= 0.3 is 0 Å². The molecule has 3 nitrogen and oxygen atoms in total. The molecule has 0 spiro atoms. The van der Waals surface area contributed by atoms with Crippen LogP contribution in [0.1, 0.15) is 12.0 Å². The minimum atomic E-state index is 0. The van der Waals surface area contributed by atoms with Gasteiger partial charge in [-0.2, -0.15) is 0 Å². The molecule has 23 heavy (non-hydrogen) atoms. The fourth-order valence-corrected chi connectivity index (χ4v) is 4.14. The lowest BCUT2D eigenvalue weighted by molar-refractivity contribution is 0.142. The standard InChI is InChI=1S/C19H24N2O.ClH/c1-22-19-7-6-15(17-4-2-3-5-18(17)19)12-21-9-8-14-10-20-11-16(14)13-21;/h2-7,14,16,20H,8-13H2,1H3;1H. The van der Waals surface area contributed by atoms with Gasteiger partial charge in [0.2, 0.25) is 0 Å². The summed E-state index contributed by atoms with van der Waals surface area (Å²) < 4.78 is 5.51. The summed E-state index contributed by atoms with van der Waals surface area (Å²) in [6, 6.07) is 12.9. The summed E-state index contributed by atoms with van der Waals surface area (Å²) >= 11 is 0. The second-order valence-electron chi connectivity index (χ2n) is 6.67. The number of likely N-dealkylation sites (tertiary alicyclic amines) is 1. The van der Waals surface area contributed by atoms with E-state index in [-0.39, 0.29) is 12.4 Å². The molecule has 2 saturated heterocycles. The Bertz CT molecular complexity index is 675. The van der Waals surface area contributed by atoms with Crippen LogP contribution in [0.25, 0.3) is 10.8 Å². The van der Waals surface area contributed by atoms with Crippen molar-refractivity contribution in [2.75, 3.05) is 33.3 Å². The number of nitrogens with one attached hydrogen (secondary N) is 1. The van der Waals surface area contributed by atoms with E-state index < -0.39 is 0 Å². The maximum atomic E-state index is 5.51. The van der Waals surface area contributed by atoms with Crippen LogP contribution in [0.4, 0.5) is 0 Å². The first-order valence-corrected chi connectivity index (χ1v) is 8.33. The number of rotatable bonds is 3. The Balaban J connectivity index is 0.00000156. The molecule has 2 aromatic rings. The number of hydrogen-bond acceptors (Lipinski definition) is 3. The molecule has 2 aliphatic rings. The predicted molar refractivity (Wildman–Crippen MR) is 97.5 cm³/mol. The highest BCUT2D eigenvalue weighted by Crippen LogP contribution is 2.31. The van der Waals surface area contributed by atoms with Gasteiger partial charge < -0.3 is 10.1 Å². The van der Waals surface area contributed by atoms with Crippen molar-refractivity contribution < 1.29 is 4.74 Å². The largest absolute Gasteiger partial charge is 0.496 e. The summed E-state index contributed by atoms with van der Waals surface area (Å²) in [5, 5.41) is 6.10. The van der Waals surface area contributed by atoms with Gasteiger partial charge in [0.05, 0.1) is 7.11 Å². The maximum Gasteiger partial charge on any atom is 0.126 e. The van der Waals surface area contributed by atoms with Crippen LogP contribution in [0, 0.1) is 11.8 Å². The average molecular weight is 333 g/mol. The fourth-order valence-electron chi connectivity index (χ4n) is 4.14. The van der Waals surface area contributed by atoms with Gasteiger partial charge in [-0.15, -0.1) is 12.4 Å². The van der Waals surface area contributed by atoms with Crippen molar-refractivity contribution in [3.05, 3.63) is 42.0 Å². The van der Waals surface area contributed by atoms with Crippen LogP contribution in [0.5, 0.6) is 5.75 Å². The van der Waals surface area contributed by atoms with Crippen molar-refractivity contribution in [3.63, 3.8) is 0 Å². The average Bonchev–Trinajstić information content (AvgIpc) is 3.03. The first-order valence-electron chi connectivity index (χ1n) is 8.33. The van der Waals surface area contributed by atoms with Crippen molar-refractivity contribution in [1.29, 1.82) is 0 Å². The van der Waals surface area contributed by atoms with Crippen molar-refractivity contribution in [2.45, 2.75) is 13.0 Å². The normalized spacial score (nSPS) is 24.2. The molecule has 2 aliphatic heterocycles. The lowest BCUT2D eigenvalue weighted by Crippen LogP contribution is -2.39. The summed E-state index contributed by atoms with van der Waals surface area (Å²) in [7, 11) is 1.75. The molecule has 2 atom stereocenters. The monoisotopic (exact) mass is 332 g/mol. The molecular formula is C19H25ClN2O. The van der Waals surface area contributed by atoms with E-state index in [2.05, 4.69) is 46.6 Å². The molecule has 2 heterocycles. The van der Waals surface area contributed by atoms with E-state index in [9.17, 15) is 0 Å². The molecule has 1 N–H and O–H groups in total. The molecular weight excluding hydrogens is 308 g/mol. The molecule has 0 radical (unpaired) electrons. The Morgan fingerprint density at radius 2 is 1.87 bits per heavy atom. The predicted octanol–water partition coefficient (Wildman–Crippen LogP) is 3.31.